The molecule has 1 fully saturated rings. The van der Waals surface area contributed by atoms with Gasteiger partial charge < -0.3 is 12.5 Å². The topological polar surface area (TPSA) is 15.7 Å². The molecule has 1 heterocycles. The van der Waals surface area contributed by atoms with E-state index >= 15 is 0 Å². The van der Waals surface area contributed by atoms with Gasteiger partial charge in [0.05, 0.1) is 0 Å². The van der Waals surface area contributed by atoms with E-state index in [1.165, 1.54) is 32.5 Å². The van der Waals surface area contributed by atoms with Gasteiger partial charge in [0.15, 0.2) is 0 Å². The van der Waals surface area contributed by atoms with Crippen LogP contribution in [-0.2, 0) is 4.74 Å². The molecule has 76 valence electrons. The molecule has 0 aromatic carbocycles. The van der Waals surface area contributed by atoms with Crippen LogP contribution in [0.2, 0.25) is 0 Å². The molecule has 0 unspecified atom stereocenters. The van der Waals surface area contributed by atoms with Crippen molar-refractivity contribution in [3.63, 3.8) is 0 Å². The minimum Gasteiger partial charge on any atom is -0.381 e. The fraction of sp³-hybridized carbons (Fsp3) is 1.00. The number of hydrogen-bond acceptors (Lipinski definition) is 3. The summed E-state index contributed by atoms with van der Waals surface area (Å²) < 4.78 is 10.6. The largest absolute Gasteiger partial charge is 0.462 e. The van der Waals surface area contributed by atoms with E-state index < -0.39 is 0 Å². The first-order valence-corrected chi connectivity index (χ1v) is 6.58. The third kappa shape index (κ3) is 5.00. The van der Waals surface area contributed by atoms with Crippen LogP contribution in [0.5, 0.6) is 0 Å². The second-order valence-electron chi connectivity index (χ2n) is 3.75. The smallest absolute Gasteiger partial charge is 0.381 e. The molecule has 0 atom stereocenters. The minimum absolute atomic E-state index is 0.137. The van der Waals surface area contributed by atoms with Crippen molar-refractivity contribution in [3.05, 3.63) is 0 Å². The van der Waals surface area contributed by atoms with E-state index in [-0.39, 0.29) is 15.7 Å². The van der Waals surface area contributed by atoms with Gasteiger partial charge in [-0.15, -0.1) is 0 Å². The van der Waals surface area contributed by atoms with Gasteiger partial charge in [0, 0.05) is 13.2 Å². The highest BCUT2D eigenvalue weighted by atomic mass is 27.1. The first-order chi connectivity index (χ1) is 6.33. The number of nitrogens with zero attached hydrogens (tertiary/aromatic N) is 2. The van der Waals surface area contributed by atoms with E-state index in [1.54, 1.807) is 0 Å². The monoisotopic (exact) mass is 200 g/mol. The van der Waals surface area contributed by atoms with Crippen LogP contribution in [-0.4, -0.2) is 63.3 Å². The predicted octanol–water partition coefficient (Wildman–Crippen LogP) is 0.317. The van der Waals surface area contributed by atoms with E-state index in [4.69, 9.17) is 4.74 Å². The Hall–Kier alpha value is 0.412. The van der Waals surface area contributed by atoms with Crippen LogP contribution in [0.3, 0.4) is 0 Å². The zero-order chi connectivity index (χ0) is 9.52. The van der Waals surface area contributed by atoms with Crippen LogP contribution < -0.4 is 0 Å². The van der Waals surface area contributed by atoms with E-state index in [1.807, 2.05) is 0 Å². The lowest BCUT2D eigenvalue weighted by atomic mass is 10.4. The highest BCUT2D eigenvalue weighted by Gasteiger charge is 2.11. The summed E-state index contributed by atoms with van der Waals surface area (Å²) in [7, 11) is 2.25. The Morgan fingerprint density at radius 2 is 1.92 bits per heavy atom. The van der Waals surface area contributed by atoms with Crippen molar-refractivity contribution in [1.82, 2.24) is 7.77 Å². The van der Waals surface area contributed by atoms with Crippen LogP contribution in [0.15, 0.2) is 0 Å². The molecule has 0 radical (unpaired) electrons. The van der Waals surface area contributed by atoms with Crippen molar-refractivity contribution in [2.24, 2.45) is 0 Å². The van der Waals surface area contributed by atoms with E-state index in [9.17, 15) is 0 Å². The summed E-state index contributed by atoms with van der Waals surface area (Å²) in [5, 5.41) is 0. The predicted molar refractivity (Wildman–Crippen MR) is 57.1 cm³/mol. The van der Waals surface area contributed by atoms with Gasteiger partial charge in [-0.1, -0.05) is 6.92 Å². The average molecular weight is 200 g/mol. The van der Waals surface area contributed by atoms with E-state index in [0.29, 0.717) is 0 Å². The van der Waals surface area contributed by atoms with Crippen LogP contribution in [0.25, 0.3) is 0 Å². The molecule has 0 bridgehead atoms. The van der Waals surface area contributed by atoms with Gasteiger partial charge in [-0.2, -0.15) is 0 Å². The Balaban J connectivity index is 2.30. The molecule has 1 aliphatic heterocycles. The lowest BCUT2D eigenvalue weighted by Gasteiger charge is -2.26. The summed E-state index contributed by atoms with van der Waals surface area (Å²) in [5.41, 5.74) is 0. The van der Waals surface area contributed by atoms with Gasteiger partial charge in [-0.3, -0.25) is 0 Å². The Morgan fingerprint density at radius 3 is 2.62 bits per heavy atom. The van der Waals surface area contributed by atoms with E-state index in [0.717, 1.165) is 13.2 Å². The van der Waals surface area contributed by atoms with Gasteiger partial charge in [-0.25, -0.2) is 0 Å². The molecule has 1 aliphatic rings. The maximum absolute atomic E-state index is 5.51. The molecule has 1 rings (SSSR count). The molecule has 1 saturated heterocycles. The number of hydrogen-bond donors (Lipinski definition) is 0. The molecule has 0 aliphatic carbocycles. The lowest BCUT2D eigenvalue weighted by molar-refractivity contribution is 0.118. The summed E-state index contributed by atoms with van der Waals surface area (Å²) >= 11 is -0.137. The van der Waals surface area contributed by atoms with Crippen molar-refractivity contribution < 1.29 is 4.74 Å². The first kappa shape index (κ1) is 11.5. The molecule has 4 heteroatoms. The first-order valence-electron chi connectivity index (χ1n) is 5.31. The lowest BCUT2D eigenvalue weighted by Crippen LogP contribution is -2.41. The molecule has 0 saturated carbocycles. The molecule has 0 aromatic heterocycles. The van der Waals surface area contributed by atoms with Crippen LogP contribution >= 0.6 is 0 Å². The van der Waals surface area contributed by atoms with Gasteiger partial charge in [0.2, 0.25) is 0 Å². The maximum atomic E-state index is 5.51. The molecule has 0 spiro atoms. The Kier molecular flexibility index (Phi) is 6.01. The fourth-order valence-electron chi connectivity index (χ4n) is 1.67. The Bertz CT molecular complexity index is 135. The molecule has 0 aromatic rings. The second-order valence-corrected chi connectivity index (χ2v) is 6.01. The summed E-state index contributed by atoms with van der Waals surface area (Å²) in [6, 6.07) is 0. The molecule has 3 nitrogen and oxygen atoms in total. The Labute approximate surface area is 88.2 Å². The third-order valence-corrected chi connectivity index (χ3v) is 4.44. The highest BCUT2D eigenvalue weighted by molar-refractivity contribution is 6.28. The van der Waals surface area contributed by atoms with Gasteiger partial charge in [0.25, 0.3) is 0 Å². The van der Waals surface area contributed by atoms with Crippen LogP contribution in [0, 0.1) is 0 Å². The molecule has 0 N–H and O–H groups in total. The number of ether oxygens (including phenoxy) is 1. The number of rotatable bonds is 1. The summed E-state index contributed by atoms with van der Waals surface area (Å²) in [5.74, 6) is 0. The zero-order valence-electron chi connectivity index (χ0n) is 8.96. The van der Waals surface area contributed by atoms with Gasteiger partial charge >= 0.3 is 15.7 Å². The summed E-state index contributed by atoms with van der Waals surface area (Å²) in [6.07, 6.45) is 2.40. The normalized spacial score (nSPS) is 23.8. The highest BCUT2D eigenvalue weighted by Crippen LogP contribution is 1.97. The zero-order valence-corrected chi connectivity index (χ0v) is 10.4. The molecular formula is C9H21AlN2O. The summed E-state index contributed by atoms with van der Waals surface area (Å²) in [4.78, 5) is 0. The fourth-order valence-corrected chi connectivity index (χ4v) is 3.28. The third-order valence-electron chi connectivity index (χ3n) is 2.48. The van der Waals surface area contributed by atoms with E-state index in [2.05, 4.69) is 21.7 Å². The molecule has 0 amide bonds. The SMILES string of the molecule is CC[N]1CCCOCCC[N](C)[AlH]1. The standard InChI is InChI=1S/C9H20N2O.Al.H/c1-3-11-7-5-9-12-8-4-6-10-2;;/h3-9H2,1-2H3;;/q-2;+2;. The van der Waals surface area contributed by atoms with Crippen molar-refractivity contribution >= 4 is 15.7 Å². The maximum Gasteiger partial charge on any atom is 0.462 e. The van der Waals surface area contributed by atoms with Gasteiger partial charge in [-0.05, 0) is 39.5 Å². The molecule has 13 heavy (non-hydrogen) atoms. The van der Waals surface area contributed by atoms with Crippen molar-refractivity contribution in [2.45, 2.75) is 19.8 Å². The van der Waals surface area contributed by atoms with Crippen molar-refractivity contribution in [3.8, 4) is 0 Å². The molecular weight excluding hydrogens is 179 g/mol. The van der Waals surface area contributed by atoms with Crippen molar-refractivity contribution in [1.29, 1.82) is 0 Å². The quantitative estimate of drug-likeness (QED) is 0.567. The van der Waals surface area contributed by atoms with Crippen molar-refractivity contribution in [2.75, 3.05) is 39.9 Å². The van der Waals surface area contributed by atoms with Crippen LogP contribution in [0.1, 0.15) is 19.8 Å². The summed E-state index contributed by atoms with van der Waals surface area (Å²) in [6.45, 7) is 7.80. The second kappa shape index (κ2) is 6.81. The minimum atomic E-state index is -0.137. The Morgan fingerprint density at radius 1 is 1.23 bits per heavy atom. The van der Waals surface area contributed by atoms with Gasteiger partial charge in [0.1, 0.15) is 0 Å². The van der Waals surface area contributed by atoms with Crippen LogP contribution in [0.4, 0.5) is 0 Å². The average Bonchev–Trinajstić information content (AvgIpc) is 2.15.